The van der Waals surface area contributed by atoms with Crippen LogP contribution in [0.4, 0.5) is 5.69 Å². The lowest BCUT2D eigenvalue weighted by molar-refractivity contribution is -0.116. The SMILES string of the molecule is Cc1cc(C(O)c2ccccc2)cc2c1NC(=O)CC2. The van der Waals surface area contributed by atoms with Gasteiger partial charge in [0.15, 0.2) is 0 Å². The molecule has 0 fully saturated rings. The molecule has 0 aliphatic carbocycles. The molecule has 2 aromatic rings. The molecular weight excluding hydrogens is 250 g/mol. The molecule has 2 N–H and O–H groups in total. The number of aliphatic hydroxyl groups is 1. The van der Waals surface area contributed by atoms with Crippen molar-refractivity contribution in [2.45, 2.75) is 25.9 Å². The van der Waals surface area contributed by atoms with Crippen molar-refractivity contribution in [3.8, 4) is 0 Å². The minimum absolute atomic E-state index is 0.0666. The first-order valence-electron chi connectivity index (χ1n) is 6.81. The number of carbonyl (C=O) groups is 1. The Hall–Kier alpha value is -2.13. The predicted octanol–water partition coefficient (Wildman–Crippen LogP) is 2.96. The number of amides is 1. The van der Waals surface area contributed by atoms with Crippen molar-refractivity contribution >= 4 is 11.6 Å². The Morgan fingerprint density at radius 1 is 1.10 bits per heavy atom. The summed E-state index contributed by atoms with van der Waals surface area (Å²) in [7, 11) is 0. The van der Waals surface area contributed by atoms with E-state index < -0.39 is 6.10 Å². The van der Waals surface area contributed by atoms with Crippen LogP contribution in [0.25, 0.3) is 0 Å². The molecule has 102 valence electrons. The lowest BCUT2D eigenvalue weighted by atomic mass is 9.92. The minimum atomic E-state index is -0.627. The highest BCUT2D eigenvalue weighted by Crippen LogP contribution is 2.31. The monoisotopic (exact) mass is 267 g/mol. The molecule has 1 unspecified atom stereocenters. The van der Waals surface area contributed by atoms with Gasteiger partial charge in [0.1, 0.15) is 6.10 Å². The lowest BCUT2D eigenvalue weighted by Gasteiger charge is -2.22. The maximum atomic E-state index is 11.5. The van der Waals surface area contributed by atoms with Gasteiger partial charge in [-0.3, -0.25) is 4.79 Å². The van der Waals surface area contributed by atoms with Gasteiger partial charge in [0, 0.05) is 12.1 Å². The van der Waals surface area contributed by atoms with Crippen LogP contribution in [0.15, 0.2) is 42.5 Å². The quantitative estimate of drug-likeness (QED) is 0.879. The molecule has 2 aromatic carbocycles. The normalized spacial score (nSPS) is 15.4. The van der Waals surface area contributed by atoms with E-state index in [2.05, 4.69) is 5.32 Å². The molecule has 1 amide bonds. The molecule has 0 bridgehead atoms. The van der Waals surface area contributed by atoms with E-state index in [1.54, 1.807) is 0 Å². The molecule has 0 saturated heterocycles. The zero-order valence-electron chi connectivity index (χ0n) is 11.4. The van der Waals surface area contributed by atoms with Crippen LogP contribution in [0.2, 0.25) is 0 Å². The van der Waals surface area contributed by atoms with Gasteiger partial charge in [0.25, 0.3) is 0 Å². The summed E-state index contributed by atoms with van der Waals surface area (Å²) in [5, 5.41) is 13.4. The molecule has 20 heavy (non-hydrogen) atoms. The highest BCUT2D eigenvalue weighted by molar-refractivity contribution is 5.94. The number of aliphatic hydroxyl groups excluding tert-OH is 1. The summed E-state index contributed by atoms with van der Waals surface area (Å²) >= 11 is 0. The third kappa shape index (κ3) is 2.32. The fraction of sp³-hybridized carbons (Fsp3) is 0.235. The maximum Gasteiger partial charge on any atom is 0.224 e. The van der Waals surface area contributed by atoms with Crippen LogP contribution in [0.5, 0.6) is 0 Å². The van der Waals surface area contributed by atoms with Crippen LogP contribution in [0.3, 0.4) is 0 Å². The summed E-state index contributed by atoms with van der Waals surface area (Å²) in [5.41, 5.74) is 4.77. The molecule has 0 aromatic heterocycles. The largest absolute Gasteiger partial charge is 0.384 e. The van der Waals surface area contributed by atoms with Crippen molar-refractivity contribution in [2.75, 3.05) is 5.32 Å². The number of rotatable bonds is 2. The van der Waals surface area contributed by atoms with Gasteiger partial charge in [-0.2, -0.15) is 0 Å². The van der Waals surface area contributed by atoms with Crippen LogP contribution >= 0.6 is 0 Å². The Morgan fingerprint density at radius 3 is 2.60 bits per heavy atom. The molecule has 0 saturated carbocycles. The first kappa shape index (κ1) is 12.9. The van der Waals surface area contributed by atoms with Gasteiger partial charge in [-0.25, -0.2) is 0 Å². The molecule has 0 spiro atoms. The highest BCUT2D eigenvalue weighted by Gasteiger charge is 2.19. The zero-order chi connectivity index (χ0) is 14.1. The topological polar surface area (TPSA) is 49.3 Å². The summed E-state index contributed by atoms with van der Waals surface area (Å²) in [6.07, 6.45) is 0.618. The number of hydrogen-bond donors (Lipinski definition) is 2. The highest BCUT2D eigenvalue weighted by atomic mass is 16.3. The fourth-order valence-electron chi connectivity index (χ4n) is 2.70. The molecule has 0 radical (unpaired) electrons. The Bertz CT molecular complexity index is 650. The van der Waals surface area contributed by atoms with E-state index in [0.29, 0.717) is 6.42 Å². The van der Waals surface area contributed by atoms with Gasteiger partial charge < -0.3 is 10.4 Å². The van der Waals surface area contributed by atoms with Crippen LogP contribution < -0.4 is 5.32 Å². The van der Waals surface area contributed by atoms with Crippen LogP contribution in [0, 0.1) is 6.92 Å². The Balaban J connectivity index is 2.00. The Kier molecular flexibility index (Phi) is 3.28. The molecule has 1 atom stereocenters. The van der Waals surface area contributed by atoms with Gasteiger partial charge in [-0.1, -0.05) is 42.5 Å². The Morgan fingerprint density at radius 2 is 1.85 bits per heavy atom. The standard InChI is InChI=1S/C17H17NO2/c1-11-9-14(17(20)12-5-3-2-4-6-12)10-13-7-8-15(19)18-16(11)13/h2-6,9-10,17,20H,7-8H2,1H3,(H,18,19). The van der Waals surface area contributed by atoms with Crippen LogP contribution in [-0.4, -0.2) is 11.0 Å². The molecule has 3 nitrogen and oxygen atoms in total. The summed E-state index contributed by atoms with van der Waals surface area (Å²) in [4.78, 5) is 11.5. The van der Waals surface area contributed by atoms with Crippen molar-refractivity contribution in [1.29, 1.82) is 0 Å². The summed E-state index contributed by atoms with van der Waals surface area (Å²) in [6, 6.07) is 13.6. The number of aryl methyl sites for hydroxylation is 2. The summed E-state index contributed by atoms with van der Waals surface area (Å²) in [6.45, 7) is 1.96. The van der Waals surface area contributed by atoms with E-state index in [9.17, 15) is 9.90 Å². The summed E-state index contributed by atoms with van der Waals surface area (Å²) < 4.78 is 0. The first-order valence-corrected chi connectivity index (χ1v) is 6.81. The lowest BCUT2D eigenvalue weighted by Crippen LogP contribution is -2.20. The number of anilines is 1. The van der Waals surface area contributed by atoms with E-state index in [1.807, 2.05) is 49.4 Å². The number of nitrogens with one attached hydrogen (secondary N) is 1. The predicted molar refractivity (Wildman–Crippen MR) is 78.6 cm³/mol. The van der Waals surface area contributed by atoms with E-state index in [4.69, 9.17) is 0 Å². The van der Waals surface area contributed by atoms with Crippen molar-refractivity contribution in [3.63, 3.8) is 0 Å². The average molecular weight is 267 g/mol. The van der Waals surface area contributed by atoms with Gasteiger partial charge in [-0.05, 0) is 35.6 Å². The number of carbonyl (C=O) groups excluding carboxylic acids is 1. The fourth-order valence-corrected chi connectivity index (χ4v) is 2.70. The van der Waals surface area contributed by atoms with Crippen LogP contribution in [-0.2, 0) is 11.2 Å². The smallest absolute Gasteiger partial charge is 0.224 e. The zero-order valence-corrected chi connectivity index (χ0v) is 11.4. The molecule has 1 aliphatic rings. The number of hydrogen-bond acceptors (Lipinski definition) is 2. The molecule has 1 aliphatic heterocycles. The van der Waals surface area contributed by atoms with Crippen molar-refractivity contribution < 1.29 is 9.90 Å². The molecule has 3 heteroatoms. The number of fused-ring (bicyclic) bond motifs is 1. The van der Waals surface area contributed by atoms with Crippen molar-refractivity contribution in [1.82, 2.24) is 0 Å². The number of benzene rings is 2. The van der Waals surface area contributed by atoms with E-state index in [-0.39, 0.29) is 5.91 Å². The second-order valence-corrected chi connectivity index (χ2v) is 5.23. The molecular formula is C17H17NO2. The van der Waals surface area contributed by atoms with Crippen LogP contribution in [0.1, 0.15) is 34.8 Å². The van der Waals surface area contributed by atoms with E-state index >= 15 is 0 Å². The first-order chi connectivity index (χ1) is 9.65. The summed E-state index contributed by atoms with van der Waals surface area (Å²) in [5.74, 6) is 0.0666. The third-order valence-electron chi connectivity index (χ3n) is 3.76. The van der Waals surface area contributed by atoms with Gasteiger partial charge in [0.2, 0.25) is 5.91 Å². The minimum Gasteiger partial charge on any atom is -0.384 e. The second kappa shape index (κ2) is 5.10. The van der Waals surface area contributed by atoms with Gasteiger partial charge >= 0.3 is 0 Å². The van der Waals surface area contributed by atoms with Gasteiger partial charge in [-0.15, -0.1) is 0 Å². The van der Waals surface area contributed by atoms with Crippen molar-refractivity contribution in [3.05, 3.63) is 64.7 Å². The van der Waals surface area contributed by atoms with Crippen molar-refractivity contribution in [2.24, 2.45) is 0 Å². The van der Waals surface area contributed by atoms with E-state index in [0.717, 1.165) is 34.4 Å². The molecule has 3 rings (SSSR count). The van der Waals surface area contributed by atoms with E-state index in [1.165, 1.54) is 0 Å². The Labute approximate surface area is 118 Å². The second-order valence-electron chi connectivity index (χ2n) is 5.23. The third-order valence-corrected chi connectivity index (χ3v) is 3.76. The molecule has 1 heterocycles. The van der Waals surface area contributed by atoms with Gasteiger partial charge in [0.05, 0.1) is 0 Å². The average Bonchev–Trinajstić information content (AvgIpc) is 2.48. The maximum absolute atomic E-state index is 11.5.